The van der Waals surface area contributed by atoms with Crippen LogP contribution in [0.3, 0.4) is 0 Å². The molecule has 0 aliphatic rings. The van der Waals surface area contributed by atoms with Crippen molar-refractivity contribution in [2.75, 3.05) is 19.0 Å². The Bertz CT molecular complexity index is 1550. The molecule has 6 amide bonds. The van der Waals surface area contributed by atoms with E-state index >= 15 is 0 Å². The molecular weight excluding hydrogens is 672 g/mol. The van der Waals surface area contributed by atoms with E-state index in [1.165, 1.54) is 0 Å². The largest absolute Gasteiger partial charge is 0.481 e. The maximum Gasteiger partial charge on any atom is 0.328 e. The zero-order valence-corrected chi connectivity index (χ0v) is 26.6. The van der Waals surface area contributed by atoms with Gasteiger partial charge in [0.1, 0.15) is 36.3 Å². The Morgan fingerprint density at radius 2 is 1.22 bits per heavy atom. The molecule has 1 heterocycles. The SMILES string of the molecule is NC(=O)C[C@H](NC(=O)[C@H](Cc1c[nH]c2ccccc12)NC(=O)[C@H](CS)NC(=O)[C@@H](N)CO)C(=O)N[C@@H](CC(=O)O)C(=O)N[C@@H](CO)C(=O)O. The maximum atomic E-state index is 13.7. The number of para-hydroxylation sites is 1. The third kappa shape index (κ3) is 12.1. The number of thiol groups is 1. The second-order valence-electron chi connectivity index (χ2n) is 10.6. The number of carbonyl (C=O) groups excluding carboxylic acids is 6. The molecule has 2 aromatic rings. The van der Waals surface area contributed by atoms with Crippen LogP contribution in [0, 0.1) is 0 Å². The minimum Gasteiger partial charge on any atom is -0.481 e. The number of carboxylic acids is 2. The molecule has 14 N–H and O–H groups in total. The number of fused-ring (bicyclic) bond motifs is 1. The van der Waals surface area contributed by atoms with E-state index in [-0.39, 0.29) is 12.2 Å². The molecular formula is C28H38N8O12S. The number of H-pyrrole nitrogens is 1. The van der Waals surface area contributed by atoms with Gasteiger partial charge < -0.3 is 63.5 Å². The number of nitrogens with one attached hydrogen (secondary N) is 6. The Kier molecular flexibility index (Phi) is 15.4. The fourth-order valence-electron chi connectivity index (χ4n) is 4.35. The lowest BCUT2D eigenvalue weighted by Crippen LogP contribution is -2.60. The molecule has 1 aromatic heterocycles. The Morgan fingerprint density at radius 1 is 0.714 bits per heavy atom. The van der Waals surface area contributed by atoms with Gasteiger partial charge in [0.05, 0.1) is 26.1 Å². The van der Waals surface area contributed by atoms with E-state index in [0.717, 1.165) is 0 Å². The summed E-state index contributed by atoms with van der Waals surface area (Å²) in [5.41, 5.74) is 12.0. The number of aromatic amines is 1. The molecule has 0 saturated heterocycles. The first-order chi connectivity index (χ1) is 23.1. The van der Waals surface area contributed by atoms with Crippen molar-refractivity contribution in [3.05, 3.63) is 36.0 Å². The predicted molar refractivity (Wildman–Crippen MR) is 171 cm³/mol. The van der Waals surface area contributed by atoms with Gasteiger partial charge in [-0.25, -0.2) is 4.79 Å². The Hall–Kier alpha value is -5.25. The van der Waals surface area contributed by atoms with Crippen LogP contribution in [-0.2, 0) is 44.8 Å². The number of carboxylic acid groups (broad SMARTS) is 2. The standard InChI is InChI=1S/C28H38N8O12S/c29-14(9-37)23(42)36-20(11-49)27(46)32-16(5-12-8-31-15-4-2-1-3-13(12)15)24(43)33-17(6-21(30)39)25(44)34-18(7-22(40)41)26(45)35-19(10-38)28(47)48/h1-4,8,14,16-20,31,37-38,49H,5-7,9-11,29H2,(H2,30,39)(H,32,46)(H,33,43)(H,34,44)(H,35,45)(H,36,42)(H,40,41)(H,47,48)/t14-,16-,17-,18-,19-,20-/m0/s1. The van der Waals surface area contributed by atoms with Gasteiger partial charge in [0.25, 0.3) is 0 Å². The monoisotopic (exact) mass is 710 g/mol. The summed E-state index contributed by atoms with van der Waals surface area (Å²) in [5.74, 6) is -10.1. The summed E-state index contributed by atoms with van der Waals surface area (Å²) in [6.07, 6.45) is -0.579. The van der Waals surface area contributed by atoms with E-state index in [1.54, 1.807) is 30.5 Å². The van der Waals surface area contributed by atoms with E-state index < -0.39 is 110 Å². The van der Waals surface area contributed by atoms with Crippen molar-refractivity contribution >= 4 is 70.9 Å². The number of primary amides is 1. The van der Waals surface area contributed by atoms with Crippen molar-refractivity contribution in [1.82, 2.24) is 31.6 Å². The number of carbonyl (C=O) groups is 8. The molecule has 20 nitrogen and oxygen atoms in total. The number of aliphatic carboxylic acids is 2. The van der Waals surface area contributed by atoms with E-state index in [2.05, 4.69) is 33.6 Å². The predicted octanol–water partition coefficient (Wildman–Crippen LogP) is -5.19. The molecule has 0 radical (unpaired) electrons. The van der Waals surface area contributed by atoms with Gasteiger partial charge in [0, 0.05) is 29.3 Å². The molecule has 0 bridgehead atoms. The molecule has 268 valence electrons. The second kappa shape index (κ2) is 18.9. The van der Waals surface area contributed by atoms with Crippen LogP contribution >= 0.6 is 12.6 Å². The highest BCUT2D eigenvalue weighted by molar-refractivity contribution is 7.80. The number of benzene rings is 1. The van der Waals surface area contributed by atoms with E-state index in [1.807, 2.05) is 10.6 Å². The van der Waals surface area contributed by atoms with Crippen molar-refractivity contribution in [3.63, 3.8) is 0 Å². The molecule has 0 saturated carbocycles. The van der Waals surface area contributed by atoms with Crippen molar-refractivity contribution in [3.8, 4) is 0 Å². The summed E-state index contributed by atoms with van der Waals surface area (Å²) >= 11 is 4.06. The molecule has 0 fully saturated rings. The van der Waals surface area contributed by atoms with Crippen LogP contribution in [-0.4, -0.2) is 128 Å². The number of nitrogens with two attached hydrogens (primary N) is 2. The van der Waals surface area contributed by atoms with E-state index in [9.17, 15) is 48.6 Å². The number of rotatable bonds is 20. The first-order valence-corrected chi connectivity index (χ1v) is 15.1. The van der Waals surface area contributed by atoms with Gasteiger partial charge in [-0.2, -0.15) is 12.6 Å². The molecule has 21 heteroatoms. The Labute approximate surface area is 283 Å². The average Bonchev–Trinajstić information content (AvgIpc) is 3.46. The first-order valence-electron chi connectivity index (χ1n) is 14.5. The number of amides is 6. The first kappa shape index (κ1) is 39.9. The quantitative estimate of drug-likeness (QED) is 0.0572. The lowest BCUT2D eigenvalue weighted by Gasteiger charge is -2.26. The highest BCUT2D eigenvalue weighted by atomic mass is 32.1. The molecule has 49 heavy (non-hydrogen) atoms. The van der Waals surface area contributed by atoms with Crippen LogP contribution in [0.5, 0.6) is 0 Å². The van der Waals surface area contributed by atoms with E-state index in [4.69, 9.17) is 21.7 Å². The molecule has 1 aromatic carbocycles. The molecule has 6 atom stereocenters. The molecule has 2 rings (SSSR count). The summed E-state index contributed by atoms with van der Waals surface area (Å²) in [7, 11) is 0. The number of aliphatic hydroxyl groups is 2. The van der Waals surface area contributed by atoms with Crippen molar-refractivity contribution in [2.45, 2.75) is 55.5 Å². The summed E-state index contributed by atoms with van der Waals surface area (Å²) in [6.45, 7) is -1.79. The summed E-state index contributed by atoms with van der Waals surface area (Å²) in [4.78, 5) is 103. The summed E-state index contributed by atoms with van der Waals surface area (Å²) < 4.78 is 0. The third-order valence-corrected chi connectivity index (χ3v) is 7.29. The fourth-order valence-corrected chi connectivity index (χ4v) is 4.61. The Morgan fingerprint density at radius 3 is 1.76 bits per heavy atom. The van der Waals surface area contributed by atoms with Gasteiger partial charge in [-0.05, 0) is 11.6 Å². The van der Waals surface area contributed by atoms with Crippen LogP contribution in [0.15, 0.2) is 30.5 Å². The maximum absolute atomic E-state index is 13.7. The minimum atomic E-state index is -1.93. The van der Waals surface area contributed by atoms with Crippen molar-refractivity contribution in [2.24, 2.45) is 11.5 Å². The third-order valence-electron chi connectivity index (χ3n) is 6.93. The number of hydrogen-bond donors (Lipinski definition) is 13. The van der Waals surface area contributed by atoms with Crippen molar-refractivity contribution < 1.29 is 58.8 Å². The summed E-state index contributed by atoms with van der Waals surface area (Å²) in [6, 6.07) is -2.87. The molecule has 0 spiro atoms. The molecule has 0 aliphatic heterocycles. The van der Waals surface area contributed by atoms with Crippen molar-refractivity contribution in [1.29, 1.82) is 0 Å². The highest BCUT2D eigenvalue weighted by Gasteiger charge is 2.34. The minimum absolute atomic E-state index is 0.211. The van der Waals surface area contributed by atoms with Crippen LogP contribution in [0.25, 0.3) is 10.9 Å². The van der Waals surface area contributed by atoms with Gasteiger partial charge in [0.15, 0.2) is 0 Å². The average molecular weight is 711 g/mol. The summed E-state index contributed by atoms with van der Waals surface area (Å²) in [5, 5.41) is 48.3. The van der Waals surface area contributed by atoms with Gasteiger partial charge in [0.2, 0.25) is 35.4 Å². The van der Waals surface area contributed by atoms with Crippen LogP contribution in [0.4, 0.5) is 0 Å². The van der Waals surface area contributed by atoms with Gasteiger partial charge in [-0.15, -0.1) is 0 Å². The molecule has 0 unspecified atom stereocenters. The van der Waals surface area contributed by atoms with Gasteiger partial charge in [-0.1, -0.05) is 18.2 Å². The highest BCUT2D eigenvalue weighted by Crippen LogP contribution is 2.19. The van der Waals surface area contributed by atoms with E-state index in [0.29, 0.717) is 16.5 Å². The lowest BCUT2D eigenvalue weighted by atomic mass is 10.0. The zero-order valence-electron chi connectivity index (χ0n) is 25.8. The van der Waals surface area contributed by atoms with Crippen LogP contribution < -0.4 is 38.1 Å². The number of aromatic nitrogens is 1. The number of hydrogen-bond acceptors (Lipinski definition) is 12. The van der Waals surface area contributed by atoms with Crippen LogP contribution in [0.2, 0.25) is 0 Å². The number of aliphatic hydroxyl groups excluding tert-OH is 2. The lowest BCUT2D eigenvalue weighted by molar-refractivity contribution is -0.144. The Balaban J connectivity index is 2.39. The second-order valence-corrected chi connectivity index (χ2v) is 11.0. The van der Waals surface area contributed by atoms with Gasteiger partial charge in [-0.3, -0.25) is 33.6 Å². The van der Waals surface area contributed by atoms with Crippen LogP contribution in [0.1, 0.15) is 18.4 Å². The topological polar surface area (TPSA) is 345 Å². The zero-order chi connectivity index (χ0) is 36.8. The molecule has 0 aliphatic carbocycles. The normalized spacial score (nSPS) is 14.6. The van der Waals surface area contributed by atoms with Gasteiger partial charge >= 0.3 is 11.9 Å². The smallest absolute Gasteiger partial charge is 0.328 e. The fraction of sp³-hybridized carbons (Fsp3) is 0.429.